The van der Waals surface area contributed by atoms with E-state index in [0.717, 1.165) is 0 Å². The van der Waals surface area contributed by atoms with Gasteiger partial charge in [0.2, 0.25) is 0 Å². The van der Waals surface area contributed by atoms with Crippen LogP contribution < -0.4 is 5.73 Å². The van der Waals surface area contributed by atoms with Crippen molar-refractivity contribution >= 4 is 17.0 Å². The van der Waals surface area contributed by atoms with Gasteiger partial charge in [0.25, 0.3) is 0 Å². The summed E-state index contributed by atoms with van der Waals surface area (Å²) in [6, 6.07) is 0. The van der Waals surface area contributed by atoms with Gasteiger partial charge in [-0.15, -0.1) is 17.0 Å². The largest absolute Gasteiger partial charge is 0.325 e. The lowest BCUT2D eigenvalue weighted by atomic mass is 9.82. The third-order valence-corrected chi connectivity index (χ3v) is 7.58. The van der Waals surface area contributed by atoms with Gasteiger partial charge < -0.3 is 5.73 Å². The maximum absolute atomic E-state index is 7.04. The molecule has 0 amide bonds. The fraction of sp³-hybridized carbons (Fsp3) is 1.00. The third-order valence-electron chi connectivity index (χ3n) is 7.58. The molecule has 0 bridgehead atoms. The molecule has 2 N–H and O–H groups in total. The van der Waals surface area contributed by atoms with Crippen LogP contribution in [-0.4, -0.2) is 5.54 Å². The molecule has 0 atom stereocenters. The number of hydrogen-bond acceptors (Lipinski definition) is 1. The first-order valence-corrected chi connectivity index (χ1v) is 15.5. The monoisotopic (exact) mass is 531 g/mol. The molecule has 0 heterocycles. The van der Waals surface area contributed by atoms with Gasteiger partial charge in [0.15, 0.2) is 0 Å². The highest BCUT2D eigenvalue weighted by atomic mass is 79.9. The minimum atomic E-state index is 0. The predicted octanol–water partition coefficient (Wildman–Crippen LogP) is 11.9. The van der Waals surface area contributed by atoms with Crippen molar-refractivity contribution in [2.45, 2.75) is 200 Å². The summed E-state index contributed by atoms with van der Waals surface area (Å²) >= 11 is 0. The van der Waals surface area contributed by atoms with Gasteiger partial charge in [-0.2, -0.15) is 0 Å². The Morgan fingerprint density at radius 2 is 0.515 bits per heavy atom. The molecular weight excluding hydrogens is 466 g/mol. The van der Waals surface area contributed by atoms with E-state index in [1.54, 1.807) is 0 Å². The summed E-state index contributed by atoms with van der Waals surface area (Å²) < 4.78 is 0. The molecule has 0 aromatic carbocycles. The number of unbranched alkanes of at least 4 members (excludes halogenated alkanes) is 21. The summed E-state index contributed by atoms with van der Waals surface area (Å²) in [6.45, 7) is 6.92. The van der Waals surface area contributed by atoms with Crippen LogP contribution in [0.5, 0.6) is 0 Å². The van der Waals surface area contributed by atoms with Gasteiger partial charge in [0.1, 0.15) is 0 Å². The minimum Gasteiger partial charge on any atom is -0.325 e. The summed E-state index contributed by atoms with van der Waals surface area (Å²) in [5, 5.41) is 0. The molecule has 0 aromatic rings. The average Bonchev–Trinajstić information content (AvgIpc) is 2.79. The lowest BCUT2D eigenvalue weighted by Crippen LogP contribution is -2.39. The van der Waals surface area contributed by atoms with E-state index in [1.165, 1.54) is 173 Å². The van der Waals surface area contributed by atoms with Crippen LogP contribution in [-0.2, 0) is 0 Å². The fourth-order valence-corrected chi connectivity index (χ4v) is 5.21. The van der Waals surface area contributed by atoms with Gasteiger partial charge in [-0.05, 0) is 19.3 Å². The summed E-state index contributed by atoms with van der Waals surface area (Å²) in [6.07, 6.45) is 37.7. The zero-order valence-corrected chi connectivity index (χ0v) is 25.3. The molecule has 0 aliphatic heterocycles. The van der Waals surface area contributed by atoms with Crippen molar-refractivity contribution in [3.05, 3.63) is 0 Å². The number of hydrogen-bond donors (Lipinski definition) is 1. The first-order valence-electron chi connectivity index (χ1n) is 15.5. The van der Waals surface area contributed by atoms with Crippen molar-refractivity contribution in [1.29, 1.82) is 0 Å². The van der Waals surface area contributed by atoms with Crippen LogP contribution in [0.25, 0.3) is 0 Å². The second-order valence-corrected chi connectivity index (χ2v) is 11.0. The van der Waals surface area contributed by atoms with Crippen molar-refractivity contribution in [3.63, 3.8) is 0 Å². The zero-order valence-electron chi connectivity index (χ0n) is 23.6. The molecule has 0 aliphatic carbocycles. The second kappa shape index (κ2) is 28.7. The van der Waals surface area contributed by atoms with Crippen LogP contribution in [0.3, 0.4) is 0 Å². The topological polar surface area (TPSA) is 26.0 Å². The second-order valence-electron chi connectivity index (χ2n) is 11.0. The van der Waals surface area contributed by atoms with Crippen molar-refractivity contribution in [3.8, 4) is 0 Å². The first-order chi connectivity index (χ1) is 15.7. The molecule has 0 fully saturated rings. The fourth-order valence-electron chi connectivity index (χ4n) is 5.21. The molecule has 0 radical (unpaired) electrons. The Hall–Kier alpha value is 0.440. The molecule has 33 heavy (non-hydrogen) atoms. The van der Waals surface area contributed by atoms with Gasteiger partial charge in [0, 0.05) is 5.54 Å². The SMILES string of the molecule is Br.CCCCCCCCCCC(N)(CCCCCCCCCC)CCCCCCCCCC. The Balaban J connectivity index is 0. The summed E-state index contributed by atoms with van der Waals surface area (Å²) in [4.78, 5) is 0. The molecule has 0 unspecified atom stereocenters. The predicted molar refractivity (Wildman–Crippen MR) is 159 cm³/mol. The standard InChI is InChI=1S/C31H65N.BrH/c1-4-7-10-13-16-19-22-25-28-31(32,29-26-23-20-17-14-11-8-5-2)30-27-24-21-18-15-12-9-6-3;/h4-30,32H2,1-3H3;1H. The van der Waals surface area contributed by atoms with E-state index in [1.807, 2.05) is 0 Å². The lowest BCUT2D eigenvalue weighted by molar-refractivity contribution is 0.302. The van der Waals surface area contributed by atoms with Crippen LogP contribution in [0.4, 0.5) is 0 Å². The molecule has 0 aromatic heterocycles. The number of halogens is 1. The van der Waals surface area contributed by atoms with Gasteiger partial charge >= 0.3 is 0 Å². The van der Waals surface area contributed by atoms with E-state index in [-0.39, 0.29) is 22.5 Å². The van der Waals surface area contributed by atoms with Crippen molar-refractivity contribution in [1.82, 2.24) is 0 Å². The normalized spacial score (nSPS) is 11.6. The maximum Gasteiger partial charge on any atom is 0.0154 e. The molecule has 0 saturated heterocycles. The highest BCUT2D eigenvalue weighted by molar-refractivity contribution is 8.93. The van der Waals surface area contributed by atoms with E-state index in [0.29, 0.717) is 0 Å². The molecule has 0 saturated carbocycles. The number of nitrogens with two attached hydrogens (primary N) is 1. The minimum absolute atomic E-state index is 0. The molecular formula is C31H66BrN. The summed E-state index contributed by atoms with van der Waals surface area (Å²) in [7, 11) is 0. The van der Waals surface area contributed by atoms with E-state index >= 15 is 0 Å². The molecule has 1 nitrogen and oxygen atoms in total. The number of rotatable bonds is 27. The van der Waals surface area contributed by atoms with Gasteiger partial charge in [-0.25, -0.2) is 0 Å². The van der Waals surface area contributed by atoms with Crippen LogP contribution in [0, 0.1) is 0 Å². The average molecular weight is 533 g/mol. The van der Waals surface area contributed by atoms with Gasteiger partial charge in [-0.3, -0.25) is 0 Å². The zero-order chi connectivity index (χ0) is 23.6. The lowest BCUT2D eigenvalue weighted by Gasteiger charge is -2.30. The Bertz CT molecular complexity index is 294. The molecule has 0 spiro atoms. The molecule has 0 rings (SSSR count). The maximum atomic E-state index is 7.04. The molecule has 2 heteroatoms. The van der Waals surface area contributed by atoms with E-state index < -0.39 is 0 Å². The van der Waals surface area contributed by atoms with Gasteiger partial charge in [0.05, 0.1) is 0 Å². The smallest absolute Gasteiger partial charge is 0.0154 e. The van der Waals surface area contributed by atoms with Crippen molar-refractivity contribution in [2.24, 2.45) is 5.73 Å². The summed E-state index contributed by atoms with van der Waals surface area (Å²) in [5.41, 5.74) is 7.17. The summed E-state index contributed by atoms with van der Waals surface area (Å²) in [5.74, 6) is 0. The third kappa shape index (κ3) is 26.9. The van der Waals surface area contributed by atoms with Crippen LogP contribution in [0.15, 0.2) is 0 Å². The quantitative estimate of drug-likeness (QED) is 0.105. The Labute approximate surface area is 222 Å². The molecule has 0 aliphatic rings. The Kier molecular flexibility index (Phi) is 30.9. The van der Waals surface area contributed by atoms with Crippen molar-refractivity contribution in [2.75, 3.05) is 0 Å². The highest BCUT2D eigenvalue weighted by Crippen LogP contribution is 2.27. The van der Waals surface area contributed by atoms with Crippen LogP contribution in [0.2, 0.25) is 0 Å². The van der Waals surface area contributed by atoms with Crippen LogP contribution in [0.1, 0.15) is 194 Å². The molecule has 202 valence electrons. The van der Waals surface area contributed by atoms with E-state index in [9.17, 15) is 0 Å². The van der Waals surface area contributed by atoms with Crippen LogP contribution >= 0.6 is 17.0 Å². The van der Waals surface area contributed by atoms with Gasteiger partial charge in [-0.1, -0.05) is 175 Å². The highest BCUT2D eigenvalue weighted by Gasteiger charge is 2.23. The Morgan fingerprint density at radius 3 is 0.727 bits per heavy atom. The van der Waals surface area contributed by atoms with E-state index in [2.05, 4.69) is 20.8 Å². The Morgan fingerprint density at radius 1 is 0.333 bits per heavy atom. The first kappa shape index (κ1) is 35.6. The van der Waals surface area contributed by atoms with Crippen molar-refractivity contribution < 1.29 is 0 Å². The van der Waals surface area contributed by atoms with E-state index in [4.69, 9.17) is 5.73 Å².